The predicted molar refractivity (Wildman–Crippen MR) is 128 cm³/mol. The lowest BCUT2D eigenvalue weighted by Gasteiger charge is -2.40. The maximum atomic E-state index is 9.70. The molecule has 1 N–H and O–H groups in total. The summed E-state index contributed by atoms with van der Waals surface area (Å²) in [5, 5.41) is 15.5. The average Bonchev–Trinajstić information content (AvgIpc) is 3.13. The number of fused-ring (bicyclic) bond motifs is 1. The Morgan fingerprint density at radius 3 is 2.50 bits per heavy atom. The zero-order valence-electron chi connectivity index (χ0n) is 19.8. The summed E-state index contributed by atoms with van der Waals surface area (Å²) in [7, 11) is 2.24. The second-order valence-corrected chi connectivity index (χ2v) is 10.1. The van der Waals surface area contributed by atoms with Crippen LogP contribution in [-0.4, -0.2) is 69.1 Å². The van der Waals surface area contributed by atoms with Gasteiger partial charge >= 0.3 is 0 Å². The number of rotatable bonds is 4. The zero-order chi connectivity index (χ0) is 22.6. The Bertz CT molecular complexity index is 1130. The molecule has 7 heteroatoms. The van der Waals surface area contributed by atoms with Crippen LogP contribution in [0.2, 0.25) is 0 Å². The molecule has 4 heterocycles. The van der Waals surface area contributed by atoms with Gasteiger partial charge in [-0.15, -0.1) is 0 Å². The van der Waals surface area contributed by atoms with Crippen LogP contribution >= 0.6 is 0 Å². The Morgan fingerprint density at radius 1 is 1.03 bits per heavy atom. The molecule has 1 aromatic carbocycles. The Balaban J connectivity index is 1.57. The topological polar surface area (TPSA) is 70.3 Å². The molecule has 0 unspecified atom stereocenters. The van der Waals surface area contributed by atoms with Crippen LogP contribution < -0.4 is 4.90 Å². The minimum absolute atomic E-state index is 0.270. The molecule has 7 nitrogen and oxygen atoms in total. The maximum Gasteiger partial charge on any atom is 0.159 e. The average molecular weight is 435 g/mol. The van der Waals surface area contributed by atoms with Gasteiger partial charge in [-0.3, -0.25) is 0 Å². The van der Waals surface area contributed by atoms with E-state index < -0.39 is 0 Å². The number of likely N-dealkylation sites (tertiary alicyclic amines) is 1. The molecule has 2 saturated heterocycles. The fourth-order valence-corrected chi connectivity index (χ4v) is 5.45. The number of hydrogen-bond acceptors (Lipinski definition) is 6. The van der Waals surface area contributed by atoms with Crippen molar-refractivity contribution in [1.29, 1.82) is 0 Å². The number of anilines is 1. The Labute approximate surface area is 190 Å². The lowest BCUT2D eigenvalue weighted by molar-refractivity contribution is 0.141. The first-order valence-electron chi connectivity index (χ1n) is 11.8. The summed E-state index contributed by atoms with van der Waals surface area (Å²) >= 11 is 0. The first-order chi connectivity index (χ1) is 15.3. The molecule has 2 aliphatic heterocycles. The third-order valence-corrected chi connectivity index (χ3v) is 7.29. The highest BCUT2D eigenvalue weighted by atomic mass is 16.3. The molecule has 170 valence electrons. The van der Waals surface area contributed by atoms with Gasteiger partial charge in [0.05, 0.1) is 17.8 Å². The van der Waals surface area contributed by atoms with E-state index in [1.807, 2.05) is 23.9 Å². The SMILES string of the molecule is Cc1nc(N2CC(O)C2)cc(-n2ncc3cc(C)c([C@@H]4CCN(C)C[C@@H]4C(C)C)cc32)n1. The van der Waals surface area contributed by atoms with Crippen molar-refractivity contribution >= 4 is 16.7 Å². The fourth-order valence-electron chi connectivity index (χ4n) is 5.45. The van der Waals surface area contributed by atoms with E-state index in [1.54, 1.807) is 0 Å². The van der Waals surface area contributed by atoms with Crippen LogP contribution in [0.1, 0.15) is 43.1 Å². The molecule has 0 bridgehead atoms. The zero-order valence-corrected chi connectivity index (χ0v) is 19.8. The quantitative estimate of drug-likeness (QED) is 0.679. The lowest BCUT2D eigenvalue weighted by Crippen LogP contribution is -2.51. The molecule has 2 fully saturated rings. The van der Waals surface area contributed by atoms with Gasteiger partial charge in [0, 0.05) is 31.1 Å². The Hall–Kier alpha value is -2.51. The van der Waals surface area contributed by atoms with Crippen molar-refractivity contribution in [1.82, 2.24) is 24.6 Å². The van der Waals surface area contributed by atoms with Gasteiger partial charge in [0.25, 0.3) is 0 Å². The number of β-amino-alcohol motifs (C(OH)–C–C–N with tert-alkyl or cyclic N) is 1. The Kier molecular flexibility index (Phi) is 5.42. The van der Waals surface area contributed by atoms with Gasteiger partial charge in [-0.1, -0.05) is 13.8 Å². The summed E-state index contributed by atoms with van der Waals surface area (Å²) < 4.78 is 1.95. The summed E-state index contributed by atoms with van der Waals surface area (Å²) in [4.78, 5) is 13.8. The van der Waals surface area contributed by atoms with Crippen molar-refractivity contribution in [3.05, 3.63) is 41.3 Å². The molecular formula is C25H34N6O. The number of aliphatic hydroxyl groups is 1. The monoisotopic (exact) mass is 434 g/mol. The van der Waals surface area contributed by atoms with Crippen molar-refractivity contribution in [3.8, 4) is 5.82 Å². The van der Waals surface area contributed by atoms with E-state index in [4.69, 9.17) is 10.1 Å². The standard InChI is InChI=1S/C25H34N6O/c1-15(2)22-14-29(5)7-6-20(22)21-9-23-18(8-16(21)3)11-26-31(23)25-10-24(27-17(4)28-25)30-12-19(32)13-30/h8-11,15,19-20,22,32H,6-7,12-14H2,1-5H3/t20-,22+/m0/s1. The van der Waals surface area contributed by atoms with Crippen LogP contribution in [0.5, 0.6) is 0 Å². The molecule has 0 amide bonds. The first-order valence-corrected chi connectivity index (χ1v) is 11.8. The number of aliphatic hydroxyl groups excluding tert-OH is 1. The molecule has 2 atom stereocenters. The van der Waals surface area contributed by atoms with Crippen molar-refractivity contribution in [2.45, 2.75) is 46.1 Å². The van der Waals surface area contributed by atoms with Crippen LogP contribution in [0, 0.1) is 25.7 Å². The van der Waals surface area contributed by atoms with Crippen molar-refractivity contribution in [2.75, 3.05) is 38.1 Å². The normalized spacial score (nSPS) is 22.7. The lowest BCUT2D eigenvalue weighted by atomic mass is 9.74. The van der Waals surface area contributed by atoms with E-state index in [2.05, 4.69) is 54.7 Å². The van der Waals surface area contributed by atoms with Gasteiger partial charge in [-0.05, 0) is 74.9 Å². The van der Waals surface area contributed by atoms with Crippen LogP contribution in [0.4, 0.5) is 5.82 Å². The van der Waals surface area contributed by atoms with Gasteiger partial charge in [0.1, 0.15) is 11.6 Å². The molecule has 3 aromatic rings. The van der Waals surface area contributed by atoms with Gasteiger partial charge in [0.2, 0.25) is 0 Å². The molecule has 0 saturated carbocycles. The van der Waals surface area contributed by atoms with Gasteiger partial charge in [0.15, 0.2) is 5.82 Å². The van der Waals surface area contributed by atoms with E-state index in [1.165, 1.54) is 17.5 Å². The van der Waals surface area contributed by atoms with Crippen molar-refractivity contribution in [3.63, 3.8) is 0 Å². The molecule has 2 aromatic heterocycles. The van der Waals surface area contributed by atoms with E-state index in [9.17, 15) is 5.11 Å². The highest BCUT2D eigenvalue weighted by Gasteiger charge is 2.32. The van der Waals surface area contributed by atoms with Crippen molar-refractivity contribution < 1.29 is 5.11 Å². The van der Waals surface area contributed by atoms with Gasteiger partial charge in [-0.25, -0.2) is 14.6 Å². The number of hydrogen-bond donors (Lipinski definition) is 1. The maximum absolute atomic E-state index is 9.70. The fraction of sp³-hybridized carbons (Fsp3) is 0.560. The highest BCUT2D eigenvalue weighted by molar-refractivity contribution is 5.82. The van der Waals surface area contributed by atoms with Gasteiger partial charge < -0.3 is 14.9 Å². The summed E-state index contributed by atoms with van der Waals surface area (Å²) in [5.74, 6) is 4.19. The summed E-state index contributed by atoms with van der Waals surface area (Å²) in [6, 6.07) is 6.62. The van der Waals surface area contributed by atoms with Crippen LogP contribution in [0.3, 0.4) is 0 Å². The second kappa shape index (κ2) is 8.12. The summed E-state index contributed by atoms with van der Waals surface area (Å²) in [6.45, 7) is 12.4. The number of aryl methyl sites for hydroxylation is 2. The smallest absolute Gasteiger partial charge is 0.159 e. The summed E-state index contributed by atoms with van der Waals surface area (Å²) in [6.07, 6.45) is 2.85. The summed E-state index contributed by atoms with van der Waals surface area (Å²) in [5.41, 5.74) is 3.90. The molecule has 0 spiro atoms. The predicted octanol–water partition coefficient (Wildman–Crippen LogP) is 3.30. The van der Waals surface area contributed by atoms with Crippen LogP contribution in [0.25, 0.3) is 16.7 Å². The first kappa shape index (κ1) is 21.3. The minimum atomic E-state index is -0.270. The number of benzene rings is 1. The number of aromatic nitrogens is 4. The van der Waals surface area contributed by atoms with E-state index in [0.29, 0.717) is 36.7 Å². The van der Waals surface area contributed by atoms with E-state index in [-0.39, 0.29) is 6.10 Å². The Morgan fingerprint density at radius 2 is 1.78 bits per heavy atom. The molecule has 0 aliphatic carbocycles. The number of piperidine rings is 1. The second-order valence-electron chi connectivity index (χ2n) is 10.1. The van der Waals surface area contributed by atoms with Crippen LogP contribution in [-0.2, 0) is 0 Å². The largest absolute Gasteiger partial charge is 0.389 e. The van der Waals surface area contributed by atoms with E-state index in [0.717, 1.165) is 35.6 Å². The number of nitrogens with zero attached hydrogens (tertiary/aromatic N) is 6. The van der Waals surface area contributed by atoms with Crippen molar-refractivity contribution in [2.24, 2.45) is 11.8 Å². The van der Waals surface area contributed by atoms with Crippen LogP contribution in [0.15, 0.2) is 24.4 Å². The molecule has 32 heavy (non-hydrogen) atoms. The third-order valence-electron chi connectivity index (χ3n) is 7.29. The minimum Gasteiger partial charge on any atom is -0.389 e. The highest BCUT2D eigenvalue weighted by Crippen LogP contribution is 2.39. The molecule has 5 rings (SSSR count). The molecule has 2 aliphatic rings. The van der Waals surface area contributed by atoms with E-state index >= 15 is 0 Å². The van der Waals surface area contributed by atoms with Gasteiger partial charge in [-0.2, -0.15) is 5.10 Å². The third kappa shape index (κ3) is 3.77. The molecule has 0 radical (unpaired) electrons. The molecular weight excluding hydrogens is 400 g/mol.